The molecule has 0 atom stereocenters. The van der Waals surface area contributed by atoms with Gasteiger partial charge < -0.3 is 15.4 Å². The van der Waals surface area contributed by atoms with Crippen LogP contribution in [0.2, 0.25) is 0 Å². The van der Waals surface area contributed by atoms with Crippen molar-refractivity contribution in [2.45, 2.75) is 38.5 Å². The zero-order valence-electron chi connectivity index (χ0n) is 17.2. The van der Waals surface area contributed by atoms with E-state index >= 15 is 0 Å². The third-order valence-electron chi connectivity index (χ3n) is 5.14. The van der Waals surface area contributed by atoms with Crippen LogP contribution in [0.4, 0.5) is 5.69 Å². The van der Waals surface area contributed by atoms with E-state index in [2.05, 4.69) is 15.4 Å². The first-order valence-electron chi connectivity index (χ1n) is 9.45. The predicted molar refractivity (Wildman–Crippen MR) is 114 cm³/mol. The first-order valence-corrected chi connectivity index (χ1v) is 11.1. The highest BCUT2D eigenvalue weighted by Gasteiger charge is 2.18. The van der Waals surface area contributed by atoms with Gasteiger partial charge in [-0.05, 0) is 44.0 Å². The van der Waals surface area contributed by atoms with E-state index in [1.54, 1.807) is 11.7 Å². The lowest BCUT2D eigenvalue weighted by Crippen LogP contribution is -2.19. The van der Waals surface area contributed by atoms with Crippen molar-refractivity contribution in [1.82, 2.24) is 14.8 Å². The smallest absolute Gasteiger partial charge is 0.253 e. The van der Waals surface area contributed by atoms with Gasteiger partial charge in [-0.15, -0.1) is 0 Å². The number of carbonyl (C=O) groups is 1. The van der Waals surface area contributed by atoms with Crippen LogP contribution in [0.5, 0.6) is 5.75 Å². The third-order valence-corrected chi connectivity index (χ3v) is 6.87. The highest BCUT2D eigenvalue weighted by Crippen LogP contribution is 2.27. The maximum atomic E-state index is 12.5. The molecule has 0 fully saturated rings. The van der Waals surface area contributed by atoms with E-state index in [0.717, 1.165) is 16.6 Å². The van der Waals surface area contributed by atoms with Crippen LogP contribution in [0, 0.1) is 13.8 Å². The van der Waals surface area contributed by atoms with Gasteiger partial charge in [0.1, 0.15) is 11.4 Å². The van der Waals surface area contributed by atoms with E-state index in [4.69, 9.17) is 0 Å². The van der Waals surface area contributed by atoms with Crippen LogP contribution in [0.15, 0.2) is 27.9 Å². The van der Waals surface area contributed by atoms with E-state index in [1.807, 2.05) is 13.8 Å². The maximum absolute atomic E-state index is 12.5. The van der Waals surface area contributed by atoms with Crippen LogP contribution in [-0.4, -0.2) is 39.9 Å². The predicted octanol–water partition coefficient (Wildman–Crippen LogP) is 1.95. The number of H-pyrrole nitrogens is 1. The van der Waals surface area contributed by atoms with Crippen LogP contribution in [0.1, 0.15) is 30.2 Å². The third kappa shape index (κ3) is 3.95. The van der Waals surface area contributed by atoms with Gasteiger partial charge in [0.2, 0.25) is 5.91 Å². The number of aromatic hydroxyl groups is 1. The number of nitrogens with zero attached hydrogens (tertiary/aromatic N) is 2. The zero-order valence-corrected chi connectivity index (χ0v) is 18.1. The summed E-state index contributed by atoms with van der Waals surface area (Å²) in [5.74, 6) is -0.776. The van der Waals surface area contributed by atoms with Gasteiger partial charge in [0.25, 0.3) is 5.56 Å². The fraction of sp³-hybridized carbons (Fsp3) is 0.350. The van der Waals surface area contributed by atoms with Gasteiger partial charge in [-0.2, -0.15) is 5.10 Å². The summed E-state index contributed by atoms with van der Waals surface area (Å²) >= 11 is 0. The summed E-state index contributed by atoms with van der Waals surface area (Å²) in [5.41, 5.74) is 2.40. The lowest BCUT2D eigenvalue weighted by molar-refractivity contribution is -0.116. The molecule has 0 aliphatic rings. The van der Waals surface area contributed by atoms with Crippen molar-refractivity contribution in [2.24, 2.45) is 7.05 Å². The summed E-state index contributed by atoms with van der Waals surface area (Å²) < 4.78 is 25.7. The lowest BCUT2D eigenvalue weighted by atomic mass is 10.0. The fourth-order valence-corrected chi connectivity index (χ4v) is 4.39. The first kappa shape index (κ1) is 21.6. The van der Waals surface area contributed by atoms with Crippen molar-refractivity contribution < 1.29 is 18.3 Å². The van der Waals surface area contributed by atoms with Gasteiger partial charge in [-0.25, -0.2) is 8.42 Å². The number of phenolic OH excluding ortho intramolecular Hbond substituents is 1. The number of hydrogen-bond donors (Lipinski definition) is 3. The Morgan fingerprint density at radius 2 is 2.00 bits per heavy atom. The number of aromatic nitrogens is 3. The van der Waals surface area contributed by atoms with Crippen LogP contribution in [-0.2, 0) is 28.1 Å². The standard InChI is InChI=1S/C20H24N4O5S/c1-5-30(28,29)13-6-8-16(25)15(10-13)21-17(26)9-7-14-11(2)18-12(3)23-24(4)19(18)22-20(14)27/h6,8,10,25H,5,7,9H2,1-4H3,(H,21,26)(H,22,27). The fourth-order valence-electron chi connectivity index (χ4n) is 3.48. The molecule has 2 aromatic heterocycles. The SMILES string of the molecule is CCS(=O)(=O)c1ccc(O)c(NC(=O)CCc2c(C)c3c(C)nn(C)c3[nH]c2=O)c1. The number of pyridine rings is 1. The summed E-state index contributed by atoms with van der Waals surface area (Å²) in [7, 11) is -1.73. The summed E-state index contributed by atoms with van der Waals surface area (Å²) in [5, 5.41) is 17.7. The molecule has 0 spiro atoms. The topological polar surface area (TPSA) is 134 Å². The molecule has 30 heavy (non-hydrogen) atoms. The number of aromatic amines is 1. The number of sulfone groups is 1. The number of hydrogen-bond acceptors (Lipinski definition) is 6. The average molecular weight is 433 g/mol. The van der Waals surface area contributed by atoms with Gasteiger partial charge in [0.05, 0.1) is 22.0 Å². The minimum absolute atomic E-state index is 0.0127. The van der Waals surface area contributed by atoms with Crippen LogP contribution >= 0.6 is 0 Å². The number of anilines is 1. The highest BCUT2D eigenvalue weighted by molar-refractivity contribution is 7.91. The second-order valence-corrected chi connectivity index (χ2v) is 9.40. The van der Waals surface area contributed by atoms with Gasteiger partial charge in [-0.1, -0.05) is 6.92 Å². The summed E-state index contributed by atoms with van der Waals surface area (Å²) in [6.07, 6.45) is 0.171. The summed E-state index contributed by atoms with van der Waals surface area (Å²) in [6.45, 7) is 5.19. The van der Waals surface area contributed by atoms with Crippen LogP contribution < -0.4 is 10.9 Å². The number of phenols is 1. The number of benzene rings is 1. The Morgan fingerprint density at radius 3 is 2.67 bits per heavy atom. The first-order chi connectivity index (χ1) is 14.0. The van der Waals surface area contributed by atoms with Crippen molar-refractivity contribution in [3.05, 3.63) is 45.4 Å². The molecule has 160 valence electrons. The maximum Gasteiger partial charge on any atom is 0.253 e. The minimum atomic E-state index is -3.48. The van der Waals surface area contributed by atoms with Gasteiger partial charge >= 0.3 is 0 Å². The molecule has 0 saturated heterocycles. The van der Waals surface area contributed by atoms with Crippen molar-refractivity contribution in [1.29, 1.82) is 0 Å². The Bertz CT molecular complexity index is 1300. The molecular weight excluding hydrogens is 408 g/mol. The Kier molecular flexibility index (Phi) is 5.71. The molecule has 0 saturated carbocycles. The van der Waals surface area contributed by atoms with Crippen molar-refractivity contribution in [3.63, 3.8) is 0 Å². The number of carbonyl (C=O) groups excluding carboxylic acids is 1. The normalized spacial score (nSPS) is 11.7. The Morgan fingerprint density at radius 1 is 1.30 bits per heavy atom. The van der Waals surface area contributed by atoms with E-state index < -0.39 is 15.7 Å². The molecule has 3 N–H and O–H groups in total. The quantitative estimate of drug-likeness (QED) is 0.510. The second-order valence-electron chi connectivity index (χ2n) is 7.12. The molecule has 2 heterocycles. The van der Waals surface area contributed by atoms with Gasteiger partial charge in [0.15, 0.2) is 9.84 Å². The molecule has 3 rings (SSSR count). The van der Waals surface area contributed by atoms with E-state index in [9.17, 15) is 23.1 Å². The Labute approximate surface area is 173 Å². The van der Waals surface area contributed by atoms with Crippen molar-refractivity contribution in [2.75, 3.05) is 11.1 Å². The number of amides is 1. The molecule has 1 aromatic carbocycles. The molecule has 1 amide bonds. The Balaban J connectivity index is 1.81. The second kappa shape index (κ2) is 7.94. The number of fused-ring (bicyclic) bond motifs is 1. The van der Waals surface area contributed by atoms with Crippen LogP contribution in [0.25, 0.3) is 11.0 Å². The van der Waals surface area contributed by atoms with E-state index in [1.165, 1.54) is 25.1 Å². The van der Waals surface area contributed by atoms with Crippen LogP contribution in [0.3, 0.4) is 0 Å². The Hall–Kier alpha value is -3.14. The number of aryl methyl sites for hydroxylation is 3. The van der Waals surface area contributed by atoms with E-state index in [0.29, 0.717) is 11.2 Å². The van der Waals surface area contributed by atoms with Crippen molar-refractivity contribution >= 4 is 32.5 Å². The van der Waals surface area contributed by atoms with Crippen molar-refractivity contribution in [3.8, 4) is 5.75 Å². The average Bonchev–Trinajstić information content (AvgIpc) is 2.96. The molecule has 10 heteroatoms. The number of nitrogens with one attached hydrogen (secondary N) is 2. The van der Waals surface area contributed by atoms with Gasteiger partial charge in [0, 0.05) is 24.4 Å². The van der Waals surface area contributed by atoms with E-state index in [-0.39, 0.29) is 40.5 Å². The molecule has 0 radical (unpaired) electrons. The lowest BCUT2D eigenvalue weighted by Gasteiger charge is -2.10. The molecular formula is C20H24N4O5S. The molecule has 0 bridgehead atoms. The zero-order chi connectivity index (χ0) is 22.2. The monoisotopic (exact) mass is 432 g/mol. The summed E-state index contributed by atoms with van der Waals surface area (Å²) in [4.78, 5) is 27.7. The molecule has 0 aliphatic heterocycles. The molecule has 3 aromatic rings. The van der Waals surface area contributed by atoms with Gasteiger partial charge in [-0.3, -0.25) is 14.3 Å². The molecule has 0 unspecified atom stereocenters. The number of rotatable bonds is 6. The minimum Gasteiger partial charge on any atom is -0.506 e. The highest BCUT2D eigenvalue weighted by atomic mass is 32.2. The molecule has 9 nitrogen and oxygen atoms in total. The molecule has 0 aliphatic carbocycles. The largest absolute Gasteiger partial charge is 0.506 e. The summed E-state index contributed by atoms with van der Waals surface area (Å²) in [6, 6.07) is 3.75.